The van der Waals surface area contributed by atoms with Gasteiger partial charge in [-0.25, -0.2) is 18.6 Å². The number of hydrogen-bond donors (Lipinski definition) is 3. The molecule has 3 aromatic carbocycles. The van der Waals surface area contributed by atoms with E-state index in [1.807, 2.05) is 0 Å². The molecule has 182 valence electrons. The summed E-state index contributed by atoms with van der Waals surface area (Å²) in [7, 11) is 0. The van der Waals surface area contributed by atoms with Gasteiger partial charge in [-0.1, -0.05) is 12.1 Å². The van der Waals surface area contributed by atoms with E-state index < -0.39 is 23.4 Å². The van der Waals surface area contributed by atoms with Crippen molar-refractivity contribution in [2.45, 2.75) is 0 Å². The smallest absolute Gasteiger partial charge is 0.323 e. The molecule has 0 saturated carbocycles. The van der Waals surface area contributed by atoms with E-state index in [4.69, 9.17) is 0 Å². The molecule has 2 amide bonds. The Morgan fingerprint density at radius 2 is 1.72 bits per heavy atom. The van der Waals surface area contributed by atoms with Gasteiger partial charge in [-0.2, -0.15) is 0 Å². The number of rotatable bonds is 5. The van der Waals surface area contributed by atoms with Gasteiger partial charge in [0.25, 0.3) is 0 Å². The van der Waals surface area contributed by atoms with Crippen molar-refractivity contribution >= 4 is 40.0 Å². The number of fused-ring (bicyclic) bond motifs is 1. The lowest BCUT2D eigenvalue weighted by molar-refractivity contribution is 0.103. The molecule has 10 heteroatoms. The zero-order valence-electron chi connectivity index (χ0n) is 19.1. The first-order chi connectivity index (χ1) is 17.5. The lowest BCUT2D eigenvalue weighted by Crippen LogP contribution is -2.43. The number of nitrogens with zero attached hydrogens (tertiary/aromatic N) is 3. The summed E-state index contributed by atoms with van der Waals surface area (Å²) in [5.74, 6) is -1.24. The van der Waals surface area contributed by atoms with Gasteiger partial charge in [0, 0.05) is 37.4 Å². The van der Waals surface area contributed by atoms with Gasteiger partial charge in [0.15, 0.2) is 11.6 Å². The van der Waals surface area contributed by atoms with Crippen molar-refractivity contribution in [3.63, 3.8) is 0 Å². The maximum atomic E-state index is 15.2. The monoisotopic (exact) mass is 488 g/mol. The second kappa shape index (κ2) is 10.0. The van der Waals surface area contributed by atoms with E-state index in [-0.39, 0.29) is 22.5 Å². The van der Waals surface area contributed by atoms with Gasteiger partial charge in [-0.05, 0) is 48.5 Å². The second-order valence-electron chi connectivity index (χ2n) is 8.25. The molecule has 0 radical (unpaired) electrons. The van der Waals surface area contributed by atoms with Crippen LogP contribution in [-0.2, 0) is 0 Å². The maximum Gasteiger partial charge on any atom is 0.323 e. The number of hydrogen-bond acceptors (Lipinski definition) is 6. The lowest BCUT2D eigenvalue weighted by atomic mass is 10.0. The van der Waals surface area contributed by atoms with Gasteiger partial charge in [0.05, 0.1) is 28.5 Å². The number of anilines is 3. The molecule has 0 atom stereocenters. The molecule has 2 heterocycles. The topological polar surface area (TPSA) is 99.2 Å². The van der Waals surface area contributed by atoms with Crippen LogP contribution in [0, 0.1) is 11.6 Å². The number of amides is 2. The average Bonchev–Trinajstić information content (AvgIpc) is 2.89. The van der Waals surface area contributed by atoms with Crippen LogP contribution in [0.1, 0.15) is 15.9 Å². The minimum Gasteiger partial charge on any atom is -0.353 e. The number of carbonyl (C=O) groups is 2. The zero-order chi connectivity index (χ0) is 25.1. The number of halogens is 2. The van der Waals surface area contributed by atoms with Crippen LogP contribution in [0.25, 0.3) is 11.0 Å². The van der Waals surface area contributed by atoms with Gasteiger partial charge in [0.2, 0.25) is 0 Å². The van der Waals surface area contributed by atoms with Crippen molar-refractivity contribution in [3.8, 4) is 0 Å². The fraction of sp³-hybridized carbons (Fsp3) is 0.154. The molecular weight excluding hydrogens is 466 g/mol. The van der Waals surface area contributed by atoms with Crippen LogP contribution in [0.5, 0.6) is 0 Å². The Kier molecular flexibility index (Phi) is 6.50. The van der Waals surface area contributed by atoms with Crippen molar-refractivity contribution in [1.29, 1.82) is 0 Å². The van der Waals surface area contributed by atoms with Gasteiger partial charge >= 0.3 is 6.03 Å². The Bertz CT molecular complexity index is 1460. The minimum absolute atomic E-state index is 0.184. The van der Waals surface area contributed by atoms with Crippen molar-refractivity contribution in [3.05, 3.63) is 89.6 Å². The molecule has 1 aliphatic rings. The van der Waals surface area contributed by atoms with E-state index in [1.54, 1.807) is 24.4 Å². The average molecular weight is 488 g/mol. The molecule has 8 nitrogen and oxygen atoms in total. The standard InChI is InChI=1S/C26H22F2N6O2/c27-17-3-1-4-18(14-17)31-26(36)33-21-6-2-5-19(24(21)28)25(35)16-7-8-20-22(13-16)32-23(15-30-20)34-11-9-29-10-12-34/h1-8,13-15,29H,9-12H2,(H2,31,33,36). The molecule has 5 rings (SSSR count). The van der Waals surface area contributed by atoms with Crippen LogP contribution in [0.2, 0.25) is 0 Å². The summed E-state index contributed by atoms with van der Waals surface area (Å²) in [4.78, 5) is 36.7. The van der Waals surface area contributed by atoms with E-state index in [9.17, 15) is 14.0 Å². The lowest BCUT2D eigenvalue weighted by Gasteiger charge is -2.28. The summed E-state index contributed by atoms with van der Waals surface area (Å²) in [5, 5.41) is 8.08. The Labute approximate surface area is 205 Å². The number of piperazine rings is 1. The summed E-state index contributed by atoms with van der Waals surface area (Å²) in [6.45, 7) is 3.30. The molecular formula is C26H22F2N6O2. The number of ketones is 1. The predicted octanol–water partition coefficient (Wildman–Crippen LogP) is 4.19. The first-order valence-corrected chi connectivity index (χ1v) is 11.4. The van der Waals surface area contributed by atoms with E-state index in [0.29, 0.717) is 11.0 Å². The van der Waals surface area contributed by atoms with E-state index in [1.165, 1.54) is 36.4 Å². The molecule has 0 spiro atoms. The SMILES string of the molecule is O=C(Nc1cccc(F)c1)Nc1cccc(C(=O)c2ccc3ncc(N4CCNCC4)nc3c2)c1F. The fourth-order valence-corrected chi connectivity index (χ4v) is 4.00. The fourth-order valence-electron chi connectivity index (χ4n) is 4.00. The molecule has 36 heavy (non-hydrogen) atoms. The Hall–Kier alpha value is -4.44. The zero-order valence-corrected chi connectivity index (χ0v) is 19.1. The molecule has 0 unspecified atom stereocenters. The Balaban J connectivity index is 1.37. The number of benzene rings is 3. The molecule has 0 aliphatic carbocycles. The first-order valence-electron chi connectivity index (χ1n) is 11.4. The molecule has 0 bridgehead atoms. The molecule has 1 saturated heterocycles. The van der Waals surface area contributed by atoms with Gasteiger partial charge in [0.1, 0.15) is 11.6 Å². The van der Waals surface area contributed by atoms with Crippen molar-refractivity contribution in [1.82, 2.24) is 15.3 Å². The number of nitrogens with one attached hydrogen (secondary N) is 3. The minimum atomic E-state index is -0.877. The highest BCUT2D eigenvalue weighted by Crippen LogP contribution is 2.24. The van der Waals surface area contributed by atoms with Crippen LogP contribution in [0.3, 0.4) is 0 Å². The van der Waals surface area contributed by atoms with Crippen LogP contribution >= 0.6 is 0 Å². The van der Waals surface area contributed by atoms with Crippen LogP contribution in [0.15, 0.2) is 66.9 Å². The van der Waals surface area contributed by atoms with E-state index in [2.05, 4.69) is 30.8 Å². The van der Waals surface area contributed by atoms with Gasteiger partial charge in [-0.15, -0.1) is 0 Å². The van der Waals surface area contributed by atoms with E-state index in [0.717, 1.165) is 38.1 Å². The number of carbonyl (C=O) groups excluding carboxylic acids is 2. The maximum absolute atomic E-state index is 15.2. The molecule has 1 aliphatic heterocycles. The summed E-state index contributed by atoms with van der Waals surface area (Å²) in [6.07, 6.45) is 1.71. The van der Waals surface area contributed by atoms with Crippen LogP contribution in [0.4, 0.5) is 30.8 Å². The Morgan fingerprint density at radius 1 is 0.917 bits per heavy atom. The highest BCUT2D eigenvalue weighted by molar-refractivity contribution is 6.11. The van der Waals surface area contributed by atoms with E-state index >= 15 is 4.39 Å². The molecule has 4 aromatic rings. The van der Waals surface area contributed by atoms with Crippen LogP contribution < -0.4 is 20.9 Å². The quantitative estimate of drug-likeness (QED) is 0.365. The third-order valence-electron chi connectivity index (χ3n) is 5.81. The summed E-state index contributed by atoms with van der Waals surface area (Å²) >= 11 is 0. The summed E-state index contributed by atoms with van der Waals surface area (Å²) < 4.78 is 28.6. The molecule has 3 N–H and O–H groups in total. The van der Waals surface area contributed by atoms with Crippen LogP contribution in [-0.4, -0.2) is 48.0 Å². The van der Waals surface area contributed by atoms with Gasteiger partial charge in [-0.3, -0.25) is 9.78 Å². The second-order valence-corrected chi connectivity index (χ2v) is 8.25. The molecule has 1 aromatic heterocycles. The summed E-state index contributed by atoms with van der Waals surface area (Å²) in [5.41, 5.74) is 1.21. The van der Waals surface area contributed by atoms with Crippen molar-refractivity contribution in [2.24, 2.45) is 0 Å². The third-order valence-corrected chi connectivity index (χ3v) is 5.81. The van der Waals surface area contributed by atoms with Gasteiger partial charge < -0.3 is 20.9 Å². The molecule has 1 fully saturated rings. The number of urea groups is 1. The highest BCUT2D eigenvalue weighted by Gasteiger charge is 2.19. The van der Waals surface area contributed by atoms with Crippen molar-refractivity contribution < 1.29 is 18.4 Å². The largest absolute Gasteiger partial charge is 0.353 e. The Morgan fingerprint density at radius 3 is 2.53 bits per heavy atom. The van der Waals surface area contributed by atoms with Crippen molar-refractivity contribution in [2.75, 3.05) is 41.7 Å². The highest BCUT2D eigenvalue weighted by atomic mass is 19.1. The predicted molar refractivity (Wildman–Crippen MR) is 133 cm³/mol. The normalized spacial score (nSPS) is 13.4. The third kappa shape index (κ3) is 4.98. The first kappa shape index (κ1) is 23.3. The number of aromatic nitrogens is 2. The summed E-state index contributed by atoms with van der Waals surface area (Å²) in [6, 6.07) is 13.5.